The predicted octanol–water partition coefficient (Wildman–Crippen LogP) is 3.94. The van der Waals surface area contributed by atoms with Gasteiger partial charge in [0.05, 0.1) is 17.4 Å². The standard InChI is InChI=1S/C13H16N2O.C7H9NOS2/c14-13(16)15-12-10-5-1-3-8(10)7-9-4-2-6-11(9)12;8-11-7-3-5-4-9-2-1-6(5)10-7/h7H,1-6H2,(H3,14,15,16);3H,1-2,4,8H2. The third-order valence-corrected chi connectivity index (χ3v) is 7.36. The summed E-state index contributed by atoms with van der Waals surface area (Å²) >= 11 is 3.12. The summed E-state index contributed by atoms with van der Waals surface area (Å²) in [6.07, 6.45) is 7.92. The van der Waals surface area contributed by atoms with Gasteiger partial charge in [0, 0.05) is 17.0 Å². The van der Waals surface area contributed by atoms with E-state index in [1.807, 2.05) is 0 Å². The largest absolute Gasteiger partial charge is 0.376 e. The second kappa shape index (κ2) is 8.22. The van der Waals surface area contributed by atoms with Gasteiger partial charge < -0.3 is 15.8 Å². The molecule has 1 aromatic carbocycles. The maximum absolute atomic E-state index is 11.1. The molecule has 1 aliphatic heterocycles. The molecule has 5 rings (SSSR count). The molecule has 144 valence electrons. The summed E-state index contributed by atoms with van der Waals surface area (Å²) in [6, 6.07) is 4.04. The molecule has 27 heavy (non-hydrogen) atoms. The molecular weight excluding hydrogens is 378 g/mol. The molecule has 1 aromatic heterocycles. The van der Waals surface area contributed by atoms with Gasteiger partial charge in [-0.3, -0.25) is 5.14 Å². The molecule has 7 heteroatoms. The fourth-order valence-electron chi connectivity index (χ4n) is 4.27. The van der Waals surface area contributed by atoms with Crippen molar-refractivity contribution in [3.8, 4) is 0 Å². The Morgan fingerprint density at radius 3 is 2.33 bits per heavy atom. The number of benzene rings is 1. The molecule has 0 bridgehead atoms. The molecule has 5 N–H and O–H groups in total. The number of nitrogens with one attached hydrogen (secondary N) is 1. The lowest BCUT2D eigenvalue weighted by atomic mass is 9.99. The Bertz CT molecular complexity index is 808. The molecular formula is C20H25N3O2S2. The number of hydrogen-bond acceptors (Lipinski definition) is 5. The van der Waals surface area contributed by atoms with E-state index in [0.717, 1.165) is 51.0 Å². The molecule has 2 amide bonds. The lowest BCUT2D eigenvalue weighted by Crippen LogP contribution is -2.21. The van der Waals surface area contributed by atoms with E-state index >= 15 is 0 Å². The quantitative estimate of drug-likeness (QED) is 0.663. The minimum absolute atomic E-state index is 0.436. The van der Waals surface area contributed by atoms with Gasteiger partial charge in [-0.2, -0.15) is 0 Å². The number of hydrogen-bond donors (Lipinski definition) is 3. The van der Waals surface area contributed by atoms with Crippen molar-refractivity contribution in [3.05, 3.63) is 44.8 Å². The second-order valence-electron chi connectivity index (χ2n) is 7.16. The number of amides is 2. The third kappa shape index (κ3) is 4.01. The third-order valence-electron chi connectivity index (χ3n) is 5.44. The Balaban J connectivity index is 0.000000143. The number of ether oxygens (including phenoxy) is 1. The van der Waals surface area contributed by atoms with Gasteiger partial charge >= 0.3 is 6.03 Å². The molecule has 3 aliphatic rings. The van der Waals surface area contributed by atoms with Gasteiger partial charge in [-0.25, -0.2) is 4.79 Å². The zero-order valence-corrected chi connectivity index (χ0v) is 16.9. The lowest BCUT2D eigenvalue weighted by molar-refractivity contribution is 0.112. The second-order valence-corrected chi connectivity index (χ2v) is 9.23. The fourth-order valence-corrected chi connectivity index (χ4v) is 5.85. The average molecular weight is 404 g/mol. The van der Waals surface area contributed by atoms with Gasteiger partial charge in [-0.05, 0) is 84.4 Å². The predicted molar refractivity (Wildman–Crippen MR) is 111 cm³/mol. The molecule has 2 aliphatic carbocycles. The van der Waals surface area contributed by atoms with Crippen molar-refractivity contribution in [2.75, 3.05) is 11.9 Å². The monoisotopic (exact) mass is 403 g/mol. The van der Waals surface area contributed by atoms with Gasteiger partial charge in [0.1, 0.15) is 0 Å². The van der Waals surface area contributed by atoms with Crippen molar-refractivity contribution in [1.82, 2.24) is 0 Å². The van der Waals surface area contributed by atoms with E-state index in [0.29, 0.717) is 0 Å². The summed E-state index contributed by atoms with van der Waals surface area (Å²) in [4.78, 5) is 12.5. The molecule has 0 saturated carbocycles. The maximum Gasteiger partial charge on any atom is 0.316 e. The van der Waals surface area contributed by atoms with E-state index in [-0.39, 0.29) is 0 Å². The number of nitrogens with two attached hydrogens (primary N) is 2. The normalized spacial score (nSPS) is 16.8. The molecule has 0 fully saturated rings. The minimum Gasteiger partial charge on any atom is -0.376 e. The first kappa shape index (κ1) is 18.8. The Morgan fingerprint density at radius 2 is 1.74 bits per heavy atom. The first-order valence-corrected chi connectivity index (χ1v) is 11.1. The van der Waals surface area contributed by atoms with Gasteiger partial charge in [-0.1, -0.05) is 6.07 Å². The van der Waals surface area contributed by atoms with Gasteiger partial charge in [0.15, 0.2) is 0 Å². The van der Waals surface area contributed by atoms with Crippen molar-refractivity contribution in [2.24, 2.45) is 10.9 Å². The van der Waals surface area contributed by atoms with E-state index in [9.17, 15) is 4.79 Å². The molecule has 2 aromatic rings. The molecule has 0 spiro atoms. The van der Waals surface area contributed by atoms with Crippen LogP contribution in [0.3, 0.4) is 0 Å². The summed E-state index contributed by atoms with van der Waals surface area (Å²) in [5.74, 6) is 0. The van der Waals surface area contributed by atoms with Gasteiger partial charge in [0.25, 0.3) is 0 Å². The lowest BCUT2D eigenvalue weighted by Gasteiger charge is -2.14. The van der Waals surface area contributed by atoms with Crippen LogP contribution in [0, 0.1) is 0 Å². The van der Waals surface area contributed by atoms with Crippen LogP contribution in [0.5, 0.6) is 0 Å². The summed E-state index contributed by atoms with van der Waals surface area (Å²) in [6.45, 7) is 1.63. The summed E-state index contributed by atoms with van der Waals surface area (Å²) in [7, 11) is 0. The number of fused-ring (bicyclic) bond motifs is 3. The Labute approximate surface area is 168 Å². The molecule has 0 saturated heterocycles. The molecule has 0 unspecified atom stereocenters. The van der Waals surface area contributed by atoms with E-state index in [4.69, 9.17) is 15.6 Å². The highest BCUT2D eigenvalue weighted by Crippen LogP contribution is 2.38. The van der Waals surface area contributed by atoms with E-state index in [1.54, 1.807) is 11.3 Å². The average Bonchev–Trinajstić information content (AvgIpc) is 3.39. The molecule has 2 heterocycles. The topological polar surface area (TPSA) is 90.4 Å². The van der Waals surface area contributed by atoms with Crippen LogP contribution >= 0.6 is 23.3 Å². The summed E-state index contributed by atoms with van der Waals surface area (Å²) in [5.41, 5.74) is 13.1. The van der Waals surface area contributed by atoms with Crippen LogP contribution in [-0.4, -0.2) is 12.6 Å². The van der Waals surface area contributed by atoms with E-state index in [2.05, 4.69) is 17.4 Å². The van der Waals surface area contributed by atoms with Crippen molar-refractivity contribution < 1.29 is 9.53 Å². The number of aryl methyl sites for hydroxylation is 2. The summed E-state index contributed by atoms with van der Waals surface area (Å²) < 4.78 is 6.51. The van der Waals surface area contributed by atoms with Crippen molar-refractivity contribution in [3.63, 3.8) is 0 Å². The van der Waals surface area contributed by atoms with Crippen molar-refractivity contribution >= 4 is 35.0 Å². The highest BCUT2D eigenvalue weighted by Gasteiger charge is 2.24. The minimum atomic E-state index is -0.436. The van der Waals surface area contributed by atoms with Crippen LogP contribution < -0.4 is 16.2 Å². The number of primary amides is 1. The molecule has 0 atom stereocenters. The number of urea groups is 1. The Morgan fingerprint density at radius 1 is 1.04 bits per heavy atom. The first-order chi connectivity index (χ1) is 13.2. The van der Waals surface area contributed by atoms with Crippen molar-refractivity contribution in [2.45, 2.75) is 55.8 Å². The van der Waals surface area contributed by atoms with Gasteiger partial charge in [-0.15, -0.1) is 11.3 Å². The molecule has 5 nitrogen and oxygen atoms in total. The van der Waals surface area contributed by atoms with Crippen LogP contribution in [0.2, 0.25) is 0 Å². The zero-order chi connectivity index (χ0) is 18.8. The zero-order valence-electron chi connectivity index (χ0n) is 15.3. The number of rotatable bonds is 2. The fraction of sp³-hybridized carbons (Fsp3) is 0.450. The van der Waals surface area contributed by atoms with Crippen LogP contribution in [0.4, 0.5) is 10.5 Å². The smallest absolute Gasteiger partial charge is 0.316 e. The Hall–Kier alpha value is -1.54. The summed E-state index contributed by atoms with van der Waals surface area (Å²) in [5, 5.41) is 8.29. The number of carbonyl (C=O) groups excluding carboxylic acids is 1. The number of anilines is 1. The highest BCUT2D eigenvalue weighted by molar-refractivity contribution is 7.99. The van der Waals surface area contributed by atoms with Crippen molar-refractivity contribution in [1.29, 1.82) is 0 Å². The maximum atomic E-state index is 11.1. The number of carbonyl (C=O) groups is 1. The van der Waals surface area contributed by atoms with Crippen LogP contribution in [0.1, 0.15) is 45.5 Å². The molecule has 0 radical (unpaired) electrons. The van der Waals surface area contributed by atoms with E-state index < -0.39 is 6.03 Å². The SMILES string of the molecule is NC(=O)Nc1c2c(cc3c1CCC3)CCC2.NSc1cc2c(s1)CCOC2. The van der Waals surface area contributed by atoms with Crippen LogP contribution in [0.15, 0.2) is 16.3 Å². The first-order valence-electron chi connectivity index (χ1n) is 9.44. The van der Waals surface area contributed by atoms with Crippen LogP contribution in [-0.2, 0) is 43.4 Å². The van der Waals surface area contributed by atoms with Crippen LogP contribution in [0.25, 0.3) is 0 Å². The Kier molecular flexibility index (Phi) is 5.73. The highest BCUT2D eigenvalue weighted by atomic mass is 32.2. The van der Waals surface area contributed by atoms with Gasteiger partial charge in [0.2, 0.25) is 0 Å². The van der Waals surface area contributed by atoms with E-state index in [1.165, 1.54) is 61.7 Å². The number of thiophene rings is 1.